The molecule has 0 aliphatic carbocycles. The predicted octanol–water partition coefficient (Wildman–Crippen LogP) is 4.14. The molecule has 0 saturated carbocycles. The summed E-state index contributed by atoms with van der Waals surface area (Å²) in [4.78, 5) is 29.5. The highest BCUT2D eigenvalue weighted by atomic mass is 35.5. The number of aromatic nitrogens is 2. The molecular weight excluding hydrogens is 534 g/mol. The summed E-state index contributed by atoms with van der Waals surface area (Å²) in [5.41, 5.74) is 8.51. The van der Waals surface area contributed by atoms with Gasteiger partial charge in [-0.3, -0.25) is 14.2 Å². The largest absolute Gasteiger partial charge is 0.493 e. The molecule has 0 amide bonds. The van der Waals surface area contributed by atoms with Gasteiger partial charge in [0, 0.05) is 17.8 Å². The first kappa shape index (κ1) is 28.6. The molecule has 206 valence electrons. The zero-order valence-electron chi connectivity index (χ0n) is 21.9. The van der Waals surface area contributed by atoms with Crippen LogP contribution in [-0.4, -0.2) is 41.4 Å². The van der Waals surface area contributed by atoms with E-state index in [-0.39, 0.29) is 37.7 Å². The van der Waals surface area contributed by atoms with Crippen molar-refractivity contribution in [3.05, 3.63) is 94.4 Å². The molecule has 5 aromatic rings. The summed E-state index contributed by atoms with van der Waals surface area (Å²) in [6.07, 6.45) is 1.62. The molecule has 5 rings (SSSR count). The van der Waals surface area contributed by atoms with Crippen molar-refractivity contribution in [2.75, 3.05) is 20.8 Å². The van der Waals surface area contributed by atoms with Crippen LogP contribution in [-0.2, 0) is 22.7 Å². The highest BCUT2D eigenvalue weighted by Gasteiger charge is 2.20. The van der Waals surface area contributed by atoms with E-state index in [0.29, 0.717) is 45.1 Å². The maximum Gasteiger partial charge on any atom is 0.320 e. The average molecular weight is 562 g/mol. The highest BCUT2D eigenvalue weighted by Crippen LogP contribution is 2.41. The average Bonchev–Trinajstić information content (AvgIpc) is 2.98. The molecule has 2 heterocycles. The molecule has 3 aromatic carbocycles. The van der Waals surface area contributed by atoms with Crippen molar-refractivity contribution in [3.63, 3.8) is 0 Å². The molecule has 0 atom stereocenters. The monoisotopic (exact) mass is 561 g/mol. The number of carbonyl (C=O) groups excluding carboxylic acids is 1. The first-order valence-corrected chi connectivity index (χ1v) is 12.2. The van der Waals surface area contributed by atoms with Gasteiger partial charge in [-0.2, -0.15) is 0 Å². The topological polar surface area (TPSA) is 126 Å². The fourth-order valence-corrected chi connectivity index (χ4v) is 4.79. The Balaban J connectivity index is 0.00000370. The maximum atomic E-state index is 13.0. The summed E-state index contributed by atoms with van der Waals surface area (Å²) < 4.78 is 18.0. The van der Waals surface area contributed by atoms with E-state index in [4.69, 9.17) is 19.9 Å². The van der Waals surface area contributed by atoms with Crippen LogP contribution in [0.15, 0.2) is 77.7 Å². The minimum Gasteiger partial charge on any atom is -0.493 e. The van der Waals surface area contributed by atoms with Crippen LogP contribution in [0.1, 0.15) is 11.1 Å². The second-order valence-corrected chi connectivity index (χ2v) is 8.81. The molecule has 0 saturated heterocycles. The number of rotatable bonds is 8. The van der Waals surface area contributed by atoms with Crippen LogP contribution < -0.4 is 20.8 Å². The number of aliphatic hydroxyl groups is 1. The number of carbonyl (C=O) groups is 1. The summed E-state index contributed by atoms with van der Waals surface area (Å²) in [6.45, 7) is -0.684. The van der Waals surface area contributed by atoms with Crippen LogP contribution in [0, 0.1) is 0 Å². The third kappa shape index (κ3) is 5.22. The SMILES string of the molecule is COc1cc2cc(CO)c(COC(=O)CN)c(-c3ccnc(-n4c(=O)ccc5ccccc54)c3)c2cc1OC.Cl. The smallest absolute Gasteiger partial charge is 0.320 e. The Labute approximate surface area is 236 Å². The predicted molar refractivity (Wildman–Crippen MR) is 155 cm³/mol. The molecule has 9 nitrogen and oxygen atoms in total. The Bertz CT molecular complexity index is 1770. The number of halogens is 1. The molecule has 40 heavy (non-hydrogen) atoms. The number of benzene rings is 3. The number of hydrogen-bond donors (Lipinski definition) is 2. The highest BCUT2D eigenvalue weighted by molar-refractivity contribution is 6.01. The van der Waals surface area contributed by atoms with Gasteiger partial charge in [0.05, 0.1) is 32.9 Å². The maximum absolute atomic E-state index is 13.0. The number of nitrogens with two attached hydrogens (primary N) is 1. The Morgan fingerprint density at radius 3 is 2.45 bits per heavy atom. The zero-order valence-corrected chi connectivity index (χ0v) is 22.7. The normalized spacial score (nSPS) is 10.8. The Morgan fingerprint density at radius 1 is 0.975 bits per heavy atom. The van der Waals surface area contributed by atoms with E-state index in [9.17, 15) is 14.7 Å². The summed E-state index contributed by atoms with van der Waals surface area (Å²) in [5.74, 6) is 0.879. The summed E-state index contributed by atoms with van der Waals surface area (Å²) >= 11 is 0. The number of para-hydroxylation sites is 1. The van der Waals surface area contributed by atoms with Crippen LogP contribution in [0.25, 0.3) is 38.6 Å². The van der Waals surface area contributed by atoms with E-state index in [0.717, 1.165) is 16.2 Å². The van der Waals surface area contributed by atoms with Crippen molar-refractivity contribution in [1.82, 2.24) is 9.55 Å². The fourth-order valence-electron chi connectivity index (χ4n) is 4.79. The number of aliphatic hydroxyl groups excluding tert-OH is 1. The molecule has 2 aromatic heterocycles. The number of esters is 1. The number of fused-ring (bicyclic) bond motifs is 2. The van der Waals surface area contributed by atoms with Crippen molar-refractivity contribution in [2.45, 2.75) is 13.2 Å². The van der Waals surface area contributed by atoms with E-state index >= 15 is 0 Å². The van der Waals surface area contributed by atoms with Crippen LogP contribution in [0.3, 0.4) is 0 Å². The van der Waals surface area contributed by atoms with Gasteiger partial charge in [-0.25, -0.2) is 4.98 Å². The van der Waals surface area contributed by atoms with Crippen molar-refractivity contribution in [2.24, 2.45) is 5.73 Å². The Kier molecular flexibility index (Phi) is 8.69. The molecule has 0 spiro atoms. The minimum absolute atomic E-state index is 0. The van der Waals surface area contributed by atoms with Gasteiger partial charge in [0.15, 0.2) is 11.5 Å². The summed E-state index contributed by atoms with van der Waals surface area (Å²) in [6, 6.07) is 19.9. The zero-order chi connectivity index (χ0) is 27.5. The third-order valence-electron chi connectivity index (χ3n) is 6.63. The van der Waals surface area contributed by atoms with Gasteiger partial charge in [-0.15, -0.1) is 12.4 Å². The van der Waals surface area contributed by atoms with Crippen LogP contribution in [0.2, 0.25) is 0 Å². The van der Waals surface area contributed by atoms with Crippen molar-refractivity contribution < 1.29 is 24.1 Å². The number of pyridine rings is 2. The number of hydrogen-bond acceptors (Lipinski definition) is 8. The van der Waals surface area contributed by atoms with Crippen molar-refractivity contribution in [3.8, 4) is 28.4 Å². The van der Waals surface area contributed by atoms with Gasteiger partial charge >= 0.3 is 5.97 Å². The van der Waals surface area contributed by atoms with E-state index in [1.54, 1.807) is 43.2 Å². The molecule has 10 heteroatoms. The molecule has 0 radical (unpaired) electrons. The minimum atomic E-state index is -0.574. The first-order chi connectivity index (χ1) is 19.0. The van der Waals surface area contributed by atoms with E-state index < -0.39 is 5.97 Å². The standard InChI is InChI=1S/C30H27N3O6.ClH/c1-37-25-12-20-11-21(16-34)23(17-39-29(36)15-31)30(22(20)14-26(25)38-2)19-9-10-32-27(13-19)33-24-6-4-3-5-18(24)7-8-28(33)35;/h3-14,34H,15-17,31H2,1-2H3;1H. The van der Waals surface area contributed by atoms with Gasteiger partial charge in [0.25, 0.3) is 5.56 Å². The van der Waals surface area contributed by atoms with Gasteiger partial charge in [-0.1, -0.05) is 18.2 Å². The lowest BCUT2D eigenvalue weighted by atomic mass is 9.90. The lowest BCUT2D eigenvalue weighted by molar-refractivity contribution is -0.143. The van der Waals surface area contributed by atoms with Gasteiger partial charge < -0.3 is 25.1 Å². The van der Waals surface area contributed by atoms with Gasteiger partial charge in [0.1, 0.15) is 12.4 Å². The first-order valence-electron chi connectivity index (χ1n) is 12.2. The van der Waals surface area contributed by atoms with Gasteiger partial charge in [-0.05, 0) is 75.3 Å². The molecule has 0 aliphatic rings. The van der Waals surface area contributed by atoms with Crippen LogP contribution in [0.4, 0.5) is 0 Å². The lowest BCUT2D eigenvalue weighted by Crippen LogP contribution is -2.18. The second-order valence-electron chi connectivity index (χ2n) is 8.81. The van der Waals surface area contributed by atoms with Crippen LogP contribution in [0.5, 0.6) is 11.5 Å². The molecule has 0 fully saturated rings. The quantitative estimate of drug-likeness (QED) is 0.271. The summed E-state index contributed by atoms with van der Waals surface area (Å²) in [7, 11) is 3.10. The van der Waals surface area contributed by atoms with E-state index in [1.165, 1.54) is 6.07 Å². The van der Waals surface area contributed by atoms with E-state index in [1.807, 2.05) is 42.5 Å². The van der Waals surface area contributed by atoms with Crippen LogP contribution >= 0.6 is 12.4 Å². The number of nitrogens with zero attached hydrogens (tertiary/aromatic N) is 2. The molecule has 3 N–H and O–H groups in total. The Morgan fingerprint density at radius 2 is 1.73 bits per heavy atom. The molecule has 0 unspecified atom stereocenters. The number of methoxy groups -OCH3 is 2. The second kappa shape index (κ2) is 12.2. The number of ether oxygens (including phenoxy) is 3. The van der Waals surface area contributed by atoms with Crippen molar-refractivity contribution in [1.29, 1.82) is 0 Å². The molecule has 0 bridgehead atoms. The van der Waals surface area contributed by atoms with Gasteiger partial charge in [0.2, 0.25) is 0 Å². The molecular formula is C30H28ClN3O6. The lowest BCUT2D eigenvalue weighted by Gasteiger charge is -2.20. The van der Waals surface area contributed by atoms with E-state index in [2.05, 4.69) is 4.98 Å². The van der Waals surface area contributed by atoms with Crippen molar-refractivity contribution >= 4 is 40.1 Å². The fraction of sp³-hybridized carbons (Fsp3) is 0.167. The summed E-state index contributed by atoms with van der Waals surface area (Å²) in [5, 5.41) is 12.7. The Hall–Kier alpha value is -4.44. The third-order valence-corrected chi connectivity index (χ3v) is 6.63. The molecule has 0 aliphatic heterocycles.